The highest BCUT2D eigenvalue weighted by atomic mass is 17.1. The summed E-state index contributed by atoms with van der Waals surface area (Å²) in [6, 6.07) is 0. The summed E-state index contributed by atoms with van der Waals surface area (Å²) < 4.78 is 0. The molecule has 0 bridgehead atoms. The Kier molecular flexibility index (Phi) is 9.24. The van der Waals surface area contributed by atoms with Crippen LogP contribution in [0.5, 0.6) is 0 Å². The van der Waals surface area contributed by atoms with Gasteiger partial charge in [0.25, 0.3) is 0 Å². The Bertz CT molecular complexity index is 104. The maximum atomic E-state index is 10.2. The molecule has 0 radical (unpaired) electrons. The molecular weight excluding hydrogens is 132 g/mol. The largest absolute Gasteiger partial charge is 0.368 e. The summed E-state index contributed by atoms with van der Waals surface area (Å²) in [7, 11) is 0. The standard InChI is InChI=1S/C5H8O3.C2H4/c1-3-4(2)5(6)8-7;1-2/h7H,2-3H2,1H3;1-2H2. The molecule has 0 rings (SSSR count). The monoisotopic (exact) mass is 144 g/mol. The van der Waals surface area contributed by atoms with Crippen molar-refractivity contribution in [3.8, 4) is 0 Å². The molecule has 0 aliphatic carbocycles. The molecule has 0 aliphatic rings. The Labute approximate surface area is 60.6 Å². The van der Waals surface area contributed by atoms with Crippen molar-refractivity contribution in [2.24, 2.45) is 0 Å². The van der Waals surface area contributed by atoms with Gasteiger partial charge in [-0.15, -0.1) is 13.2 Å². The number of carbonyl (C=O) groups excluding carboxylic acids is 1. The summed E-state index contributed by atoms with van der Waals surface area (Å²) in [5.41, 5.74) is 0.271. The van der Waals surface area contributed by atoms with Gasteiger partial charge >= 0.3 is 5.97 Å². The van der Waals surface area contributed by atoms with Crippen molar-refractivity contribution in [3.63, 3.8) is 0 Å². The Morgan fingerprint density at radius 1 is 1.60 bits per heavy atom. The molecule has 0 aromatic rings. The molecule has 0 unspecified atom stereocenters. The van der Waals surface area contributed by atoms with Gasteiger partial charge in [-0.3, -0.25) is 4.89 Å². The van der Waals surface area contributed by atoms with E-state index in [1.165, 1.54) is 0 Å². The molecule has 0 aromatic heterocycles. The second-order valence-electron chi connectivity index (χ2n) is 1.34. The molecule has 0 saturated carbocycles. The van der Waals surface area contributed by atoms with E-state index in [-0.39, 0.29) is 5.57 Å². The molecule has 0 heterocycles. The van der Waals surface area contributed by atoms with E-state index in [0.29, 0.717) is 6.42 Å². The van der Waals surface area contributed by atoms with Crippen LogP contribution in [0.3, 0.4) is 0 Å². The van der Waals surface area contributed by atoms with Crippen LogP contribution >= 0.6 is 0 Å². The van der Waals surface area contributed by atoms with Gasteiger partial charge in [0.1, 0.15) is 0 Å². The summed E-state index contributed by atoms with van der Waals surface area (Å²) >= 11 is 0. The first-order chi connectivity index (χ1) is 4.72. The zero-order valence-electron chi connectivity index (χ0n) is 6.09. The van der Waals surface area contributed by atoms with Gasteiger partial charge in [0.2, 0.25) is 0 Å². The minimum Gasteiger partial charge on any atom is -0.296 e. The summed E-state index contributed by atoms with van der Waals surface area (Å²) in [6.07, 6.45) is 0.499. The Morgan fingerprint density at radius 3 is 2.10 bits per heavy atom. The van der Waals surface area contributed by atoms with E-state index in [1.54, 1.807) is 6.92 Å². The summed E-state index contributed by atoms with van der Waals surface area (Å²) in [6.45, 7) is 11.1. The van der Waals surface area contributed by atoms with E-state index in [9.17, 15) is 4.79 Å². The van der Waals surface area contributed by atoms with Crippen molar-refractivity contribution in [1.29, 1.82) is 0 Å². The van der Waals surface area contributed by atoms with Crippen molar-refractivity contribution in [2.75, 3.05) is 0 Å². The average Bonchev–Trinajstić information content (AvgIpc) is 2.05. The van der Waals surface area contributed by atoms with Gasteiger partial charge in [0.15, 0.2) is 0 Å². The van der Waals surface area contributed by atoms with Crippen LogP contribution in [-0.2, 0) is 9.68 Å². The lowest BCUT2D eigenvalue weighted by molar-refractivity contribution is -0.229. The van der Waals surface area contributed by atoms with Crippen LogP contribution in [0, 0.1) is 0 Å². The Balaban J connectivity index is 0. The number of carbonyl (C=O) groups is 1. The second-order valence-corrected chi connectivity index (χ2v) is 1.34. The second kappa shape index (κ2) is 7.91. The minimum atomic E-state index is -0.757. The molecule has 0 atom stereocenters. The van der Waals surface area contributed by atoms with Gasteiger partial charge in [-0.05, 0) is 6.42 Å². The lowest BCUT2D eigenvalue weighted by Gasteiger charge is -1.93. The van der Waals surface area contributed by atoms with Gasteiger partial charge < -0.3 is 0 Å². The molecule has 1 N–H and O–H groups in total. The zero-order chi connectivity index (χ0) is 8.57. The fourth-order valence-electron chi connectivity index (χ4n) is 0.209. The van der Waals surface area contributed by atoms with Crippen molar-refractivity contribution >= 4 is 5.97 Å². The van der Waals surface area contributed by atoms with Gasteiger partial charge in [-0.1, -0.05) is 13.5 Å². The third kappa shape index (κ3) is 5.05. The first-order valence-electron chi connectivity index (χ1n) is 2.76. The SMILES string of the molecule is C=C.C=C(CC)C(=O)OO. The summed E-state index contributed by atoms with van der Waals surface area (Å²) in [5, 5.41) is 7.73. The first kappa shape index (κ1) is 11.7. The summed E-state index contributed by atoms with van der Waals surface area (Å²) in [4.78, 5) is 13.5. The highest BCUT2D eigenvalue weighted by Gasteiger charge is 2.03. The molecule has 0 aromatic carbocycles. The van der Waals surface area contributed by atoms with Gasteiger partial charge in [-0.2, -0.15) is 5.26 Å². The number of hydrogen-bond donors (Lipinski definition) is 1. The fourth-order valence-corrected chi connectivity index (χ4v) is 0.209. The molecule has 58 valence electrons. The third-order valence-electron chi connectivity index (χ3n) is 0.798. The van der Waals surface area contributed by atoms with E-state index in [4.69, 9.17) is 5.26 Å². The Morgan fingerprint density at radius 2 is 2.00 bits per heavy atom. The maximum absolute atomic E-state index is 10.2. The lowest BCUT2D eigenvalue weighted by Crippen LogP contribution is -2.02. The number of rotatable bonds is 2. The van der Waals surface area contributed by atoms with Crippen LogP contribution in [0.1, 0.15) is 13.3 Å². The fraction of sp³-hybridized carbons (Fsp3) is 0.286. The summed E-state index contributed by atoms with van der Waals surface area (Å²) in [5.74, 6) is -0.757. The van der Waals surface area contributed by atoms with Crippen LogP contribution in [0.25, 0.3) is 0 Å². The highest BCUT2D eigenvalue weighted by molar-refractivity contribution is 5.86. The van der Waals surface area contributed by atoms with Crippen LogP contribution in [0.2, 0.25) is 0 Å². The van der Waals surface area contributed by atoms with Gasteiger partial charge in [-0.25, -0.2) is 4.79 Å². The van der Waals surface area contributed by atoms with E-state index in [2.05, 4.69) is 24.6 Å². The van der Waals surface area contributed by atoms with E-state index >= 15 is 0 Å². The highest BCUT2D eigenvalue weighted by Crippen LogP contribution is 1.96. The van der Waals surface area contributed by atoms with E-state index in [0.717, 1.165) is 0 Å². The predicted molar refractivity (Wildman–Crippen MR) is 39.4 cm³/mol. The Hall–Kier alpha value is -1.09. The van der Waals surface area contributed by atoms with Crippen molar-refractivity contribution < 1.29 is 14.9 Å². The van der Waals surface area contributed by atoms with Crippen LogP contribution in [0.15, 0.2) is 25.3 Å². The average molecular weight is 144 g/mol. The molecule has 3 heteroatoms. The maximum Gasteiger partial charge on any atom is 0.368 e. The van der Waals surface area contributed by atoms with Crippen LogP contribution in [-0.4, -0.2) is 11.2 Å². The van der Waals surface area contributed by atoms with Gasteiger partial charge in [0, 0.05) is 5.57 Å². The first-order valence-corrected chi connectivity index (χ1v) is 2.76. The lowest BCUT2D eigenvalue weighted by atomic mass is 10.2. The predicted octanol–water partition coefficient (Wildman–Crippen LogP) is 1.77. The molecule has 0 amide bonds. The topological polar surface area (TPSA) is 46.5 Å². The molecule has 0 spiro atoms. The zero-order valence-corrected chi connectivity index (χ0v) is 6.09. The van der Waals surface area contributed by atoms with Crippen molar-refractivity contribution in [2.45, 2.75) is 13.3 Å². The molecule has 0 saturated heterocycles. The molecule has 0 aliphatic heterocycles. The van der Waals surface area contributed by atoms with Crippen LogP contribution < -0.4 is 0 Å². The molecule has 3 nitrogen and oxygen atoms in total. The molecule has 0 fully saturated rings. The van der Waals surface area contributed by atoms with E-state index < -0.39 is 5.97 Å². The molecular formula is C7H12O3. The third-order valence-corrected chi connectivity index (χ3v) is 0.798. The quantitative estimate of drug-likeness (QED) is 0.278. The van der Waals surface area contributed by atoms with Crippen LogP contribution in [0.4, 0.5) is 0 Å². The van der Waals surface area contributed by atoms with Gasteiger partial charge in [0.05, 0.1) is 0 Å². The normalized spacial score (nSPS) is 7.00. The minimum absolute atomic E-state index is 0.271. The smallest absolute Gasteiger partial charge is 0.296 e. The van der Waals surface area contributed by atoms with Crippen molar-refractivity contribution in [1.82, 2.24) is 0 Å². The van der Waals surface area contributed by atoms with Crippen molar-refractivity contribution in [3.05, 3.63) is 25.3 Å². The molecule has 10 heavy (non-hydrogen) atoms. The van der Waals surface area contributed by atoms with E-state index in [1.807, 2.05) is 0 Å². The number of hydrogen-bond acceptors (Lipinski definition) is 3.